The summed E-state index contributed by atoms with van der Waals surface area (Å²) in [5.74, 6) is -0.245. The molecular formula is C23H21FN2OS. The standard InChI is InChI=1S/C23H21FN2OS/c1-2-25(15-17-6-4-3-5-7-17)23(27)21-14-22-20(12-13-28-22)26(21)16-18-8-10-19(24)11-9-18/h3-14H,2,15-16H2,1H3. The summed E-state index contributed by atoms with van der Waals surface area (Å²) < 4.78 is 16.4. The molecule has 0 spiro atoms. The lowest BCUT2D eigenvalue weighted by atomic mass is 10.2. The first-order chi connectivity index (χ1) is 13.7. The van der Waals surface area contributed by atoms with Crippen LogP contribution in [0.5, 0.6) is 0 Å². The Morgan fingerprint density at radius 2 is 1.79 bits per heavy atom. The molecule has 142 valence electrons. The van der Waals surface area contributed by atoms with Crippen molar-refractivity contribution in [3.63, 3.8) is 0 Å². The van der Waals surface area contributed by atoms with Crippen LogP contribution in [0.4, 0.5) is 4.39 Å². The molecular weight excluding hydrogens is 371 g/mol. The van der Waals surface area contributed by atoms with Crippen LogP contribution in [0.25, 0.3) is 10.2 Å². The maximum Gasteiger partial charge on any atom is 0.270 e. The molecule has 3 nitrogen and oxygen atoms in total. The van der Waals surface area contributed by atoms with Gasteiger partial charge in [-0.25, -0.2) is 4.39 Å². The molecule has 28 heavy (non-hydrogen) atoms. The lowest BCUT2D eigenvalue weighted by Crippen LogP contribution is -2.32. The fraction of sp³-hybridized carbons (Fsp3) is 0.174. The van der Waals surface area contributed by atoms with Crippen molar-refractivity contribution in [2.24, 2.45) is 0 Å². The molecule has 2 aromatic carbocycles. The van der Waals surface area contributed by atoms with Crippen molar-refractivity contribution in [3.8, 4) is 0 Å². The van der Waals surface area contributed by atoms with E-state index in [0.29, 0.717) is 25.3 Å². The molecule has 0 saturated heterocycles. The summed E-state index contributed by atoms with van der Waals surface area (Å²) in [6, 6.07) is 20.5. The molecule has 2 heterocycles. The third-order valence-electron chi connectivity index (χ3n) is 4.88. The van der Waals surface area contributed by atoms with Crippen LogP contribution in [0.3, 0.4) is 0 Å². The van der Waals surface area contributed by atoms with Gasteiger partial charge < -0.3 is 9.47 Å². The van der Waals surface area contributed by atoms with Crippen LogP contribution in [-0.2, 0) is 13.1 Å². The van der Waals surface area contributed by atoms with E-state index in [1.165, 1.54) is 12.1 Å². The van der Waals surface area contributed by atoms with Crippen molar-refractivity contribution in [2.45, 2.75) is 20.0 Å². The van der Waals surface area contributed by atoms with Gasteiger partial charge in [-0.05, 0) is 47.7 Å². The topological polar surface area (TPSA) is 25.2 Å². The minimum absolute atomic E-state index is 0.0110. The monoisotopic (exact) mass is 392 g/mol. The molecule has 0 radical (unpaired) electrons. The van der Waals surface area contributed by atoms with Crippen LogP contribution in [0, 0.1) is 5.82 Å². The molecule has 0 bridgehead atoms. The van der Waals surface area contributed by atoms with E-state index in [9.17, 15) is 9.18 Å². The molecule has 4 rings (SSSR count). The summed E-state index contributed by atoms with van der Waals surface area (Å²) in [7, 11) is 0. The predicted molar refractivity (Wildman–Crippen MR) is 112 cm³/mol. The van der Waals surface area contributed by atoms with Gasteiger partial charge in [0.15, 0.2) is 0 Å². The zero-order valence-corrected chi connectivity index (χ0v) is 16.5. The van der Waals surface area contributed by atoms with E-state index in [2.05, 4.69) is 0 Å². The molecule has 0 aliphatic heterocycles. The van der Waals surface area contributed by atoms with Crippen molar-refractivity contribution < 1.29 is 9.18 Å². The van der Waals surface area contributed by atoms with Crippen LogP contribution < -0.4 is 0 Å². The van der Waals surface area contributed by atoms with Crippen molar-refractivity contribution in [1.29, 1.82) is 0 Å². The number of hydrogen-bond acceptors (Lipinski definition) is 2. The molecule has 1 amide bonds. The smallest absolute Gasteiger partial charge is 0.270 e. The summed E-state index contributed by atoms with van der Waals surface area (Å²) in [6.07, 6.45) is 0. The molecule has 4 aromatic rings. The molecule has 0 fully saturated rings. The van der Waals surface area contributed by atoms with Gasteiger partial charge in [0.25, 0.3) is 5.91 Å². The average Bonchev–Trinajstić information content (AvgIpc) is 3.31. The number of carbonyl (C=O) groups is 1. The number of amides is 1. The highest BCUT2D eigenvalue weighted by molar-refractivity contribution is 7.17. The lowest BCUT2D eigenvalue weighted by Gasteiger charge is -2.22. The highest BCUT2D eigenvalue weighted by Crippen LogP contribution is 2.27. The first-order valence-corrected chi connectivity index (χ1v) is 10.2. The SMILES string of the molecule is CCN(Cc1ccccc1)C(=O)c1cc2sccc2n1Cc1ccc(F)cc1. The average molecular weight is 392 g/mol. The second-order valence-corrected chi connectivity index (χ2v) is 7.66. The molecule has 0 aliphatic carbocycles. The molecule has 0 atom stereocenters. The van der Waals surface area contributed by atoms with E-state index in [1.54, 1.807) is 23.5 Å². The summed E-state index contributed by atoms with van der Waals surface area (Å²) in [5.41, 5.74) is 3.78. The van der Waals surface area contributed by atoms with Gasteiger partial charge in [0.1, 0.15) is 11.5 Å². The lowest BCUT2D eigenvalue weighted by molar-refractivity contribution is 0.0742. The Bertz CT molecular complexity index is 1080. The molecule has 0 saturated carbocycles. The van der Waals surface area contributed by atoms with Crippen LogP contribution >= 0.6 is 11.3 Å². The maximum atomic E-state index is 13.4. The van der Waals surface area contributed by atoms with Crippen molar-refractivity contribution in [2.75, 3.05) is 6.54 Å². The number of nitrogens with zero attached hydrogens (tertiary/aromatic N) is 2. The van der Waals surface area contributed by atoms with Crippen molar-refractivity contribution >= 4 is 27.5 Å². The van der Waals surface area contributed by atoms with Gasteiger partial charge in [-0.1, -0.05) is 42.5 Å². The number of fused-ring (bicyclic) bond motifs is 1. The summed E-state index contributed by atoms with van der Waals surface area (Å²) in [5, 5.41) is 2.03. The van der Waals surface area contributed by atoms with E-state index in [4.69, 9.17) is 0 Å². The first kappa shape index (κ1) is 18.4. The molecule has 0 unspecified atom stereocenters. The van der Waals surface area contributed by atoms with E-state index < -0.39 is 0 Å². The molecule has 0 N–H and O–H groups in total. The first-order valence-electron chi connectivity index (χ1n) is 9.30. The van der Waals surface area contributed by atoms with Gasteiger partial charge in [-0.2, -0.15) is 0 Å². The number of aromatic nitrogens is 1. The second-order valence-electron chi connectivity index (χ2n) is 6.72. The number of carbonyl (C=O) groups excluding carboxylic acids is 1. The Balaban J connectivity index is 1.67. The Labute approximate surface area is 167 Å². The third kappa shape index (κ3) is 3.71. The maximum absolute atomic E-state index is 13.4. The third-order valence-corrected chi connectivity index (χ3v) is 5.73. The Kier molecular flexibility index (Phi) is 5.26. The van der Waals surface area contributed by atoms with Crippen LogP contribution in [0.15, 0.2) is 72.1 Å². The van der Waals surface area contributed by atoms with Crippen LogP contribution in [0.1, 0.15) is 28.5 Å². The summed E-state index contributed by atoms with van der Waals surface area (Å²) >= 11 is 1.62. The van der Waals surface area contributed by atoms with Gasteiger partial charge in [-0.3, -0.25) is 4.79 Å². The van der Waals surface area contributed by atoms with Crippen LogP contribution in [-0.4, -0.2) is 21.9 Å². The molecule has 0 aliphatic rings. The van der Waals surface area contributed by atoms with Crippen molar-refractivity contribution in [1.82, 2.24) is 9.47 Å². The minimum Gasteiger partial charge on any atom is -0.333 e. The number of benzene rings is 2. The van der Waals surface area contributed by atoms with Gasteiger partial charge in [0, 0.05) is 19.6 Å². The van der Waals surface area contributed by atoms with E-state index in [0.717, 1.165) is 21.3 Å². The summed E-state index contributed by atoms with van der Waals surface area (Å²) in [4.78, 5) is 15.2. The van der Waals surface area contributed by atoms with E-state index in [-0.39, 0.29) is 11.7 Å². The summed E-state index contributed by atoms with van der Waals surface area (Å²) in [6.45, 7) is 3.73. The van der Waals surface area contributed by atoms with E-state index in [1.807, 2.05) is 64.2 Å². The van der Waals surface area contributed by atoms with Crippen molar-refractivity contribution in [3.05, 3.63) is 94.7 Å². The van der Waals surface area contributed by atoms with Gasteiger partial charge in [0.05, 0.1) is 10.2 Å². The number of hydrogen-bond donors (Lipinski definition) is 0. The molecule has 2 aromatic heterocycles. The quantitative estimate of drug-likeness (QED) is 0.422. The largest absolute Gasteiger partial charge is 0.333 e. The number of rotatable bonds is 6. The Morgan fingerprint density at radius 1 is 1.04 bits per heavy atom. The highest BCUT2D eigenvalue weighted by Gasteiger charge is 2.21. The molecule has 5 heteroatoms. The second kappa shape index (κ2) is 7.98. The Hall–Kier alpha value is -2.92. The normalized spacial score (nSPS) is 11.1. The van der Waals surface area contributed by atoms with Gasteiger partial charge >= 0.3 is 0 Å². The predicted octanol–water partition coefficient (Wildman–Crippen LogP) is 5.55. The number of halogens is 1. The fourth-order valence-corrected chi connectivity index (χ4v) is 4.21. The zero-order valence-electron chi connectivity index (χ0n) is 15.6. The van der Waals surface area contributed by atoms with Gasteiger partial charge in [-0.15, -0.1) is 11.3 Å². The highest BCUT2D eigenvalue weighted by atomic mass is 32.1. The van der Waals surface area contributed by atoms with Gasteiger partial charge in [0.2, 0.25) is 0 Å². The van der Waals surface area contributed by atoms with Crippen LogP contribution in [0.2, 0.25) is 0 Å². The zero-order chi connectivity index (χ0) is 19.5. The minimum atomic E-state index is -0.256. The van der Waals surface area contributed by atoms with E-state index >= 15 is 0 Å². The number of thiophene rings is 1. The fourth-order valence-electron chi connectivity index (χ4n) is 3.39. The Morgan fingerprint density at radius 3 is 2.50 bits per heavy atom.